The molecule has 2 rings (SSSR count). The number of halogens is 1. The number of unbranched alkanes of at least 4 members (excludes halogenated alkanes) is 3. The van der Waals surface area contributed by atoms with Crippen molar-refractivity contribution in [3.63, 3.8) is 0 Å². The highest BCUT2D eigenvalue weighted by Gasteiger charge is 2.09. The van der Waals surface area contributed by atoms with Crippen molar-refractivity contribution in [2.75, 3.05) is 17.2 Å². The van der Waals surface area contributed by atoms with Crippen LogP contribution >= 0.6 is 11.6 Å². The van der Waals surface area contributed by atoms with Crippen molar-refractivity contribution < 1.29 is 0 Å². The van der Waals surface area contributed by atoms with Gasteiger partial charge in [0, 0.05) is 6.54 Å². The third-order valence-electron chi connectivity index (χ3n) is 3.57. The number of anilines is 2. The zero-order valence-electron chi connectivity index (χ0n) is 13.7. The van der Waals surface area contributed by atoms with E-state index < -0.39 is 0 Å². The molecule has 0 amide bonds. The van der Waals surface area contributed by atoms with Gasteiger partial charge in [0.2, 0.25) is 17.2 Å². The average Bonchev–Trinajstić information content (AvgIpc) is 2.55. The molecule has 23 heavy (non-hydrogen) atoms. The van der Waals surface area contributed by atoms with Gasteiger partial charge in [-0.05, 0) is 30.5 Å². The van der Waals surface area contributed by atoms with Gasteiger partial charge in [-0.2, -0.15) is 15.0 Å². The van der Waals surface area contributed by atoms with Crippen LogP contribution in [0.1, 0.15) is 51.1 Å². The maximum atomic E-state index is 6.00. The summed E-state index contributed by atoms with van der Waals surface area (Å²) < 4.78 is 0. The summed E-state index contributed by atoms with van der Waals surface area (Å²) in [7, 11) is 0. The Labute approximate surface area is 142 Å². The fourth-order valence-electron chi connectivity index (χ4n) is 2.26. The molecule has 0 saturated carbocycles. The highest BCUT2D eigenvalue weighted by molar-refractivity contribution is 6.28. The molecule has 6 heteroatoms. The molecule has 2 aromatic rings. The first-order valence-electron chi connectivity index (χ1n) is 8.16. The van der Waals surface area contributed by atoms with Crippen LogP contribution in [0, 0.1) is 0 Å². The van der Waals surface area contributed by atoms with Crippen LogP contribution < -0.4 is 10.6 Å². The molecular formula is C17H24ClN5. The lowest BCUT2D eigenvalue weighted by Gasteiger charge is -2.14. The highest BCUT2D eigenvalue weighted by Crippen LogP contribution is 2.18. The monoisotopic (exact) mass is 333 g/mol. The number of aromatic nitrogens is 3. The highest BCUT2D eigenvalue weighted by atomic mass is 35.5. The van der Waals surface area contributed by atoms with Gasteiger partial charge in [-0.1, -0.05) is 56.5 Å². The predicted octanol–water partition coefficient (Wildman–Crippen LogP) is 4.69. The van der Waals surface area contributed by atoms with Crippen molar-refractivity contribution in [2.45, 2.75) is 45.6 Å². The second-order valence-electron chi connectivity index (χ2n) is 5.52. The van der Waals surface area contributed by atoms with Crippen LogP contribution in [-0.2, 0) is 0 Å². The number of rotatable bonds is 9. The van der Waals surface area contributed by atoms with E-state index in [2.05, 4.69) is 51.6 Å². The Bertz CT molecular complexity index is 591. The topological polar surface area (TPSA) is 62.7 Å². The molecule has 2 N–H and O–H groups in total. The first-order chi connectivity index (χ1) is 11.2. The van der Waals surface area contributed by atoms with E-state index in [9.17, 15) is 0 Å². The van der Waals surface area contributed by atoms with Crippen molar-refractivity contribution in [1.82, 2.24) is 15.0 Å². The number of nitrogens with zero attached hydrogens (tertiary/aromatic N) is 3. The molecule has 0 aliphatic rings. The molecule has 0 radical (unpaired) electrons. The third-order valence-corrected chi connectivity index (χ3v) is 3.74. The third kappa shape index (κ3) is 6.02. The van der Waals surface area contributed by atoms with Crippen LogP contribution in [0.25, 0.3) is 0 Å². The van der Waals surface area contributed by atoms with E-state index in [4.69, 9.17) is 11.6 Å². The summed E-state index contributed by atoms with van der Waals surface area (Å²) in [5, 5.41) is 6.67. The zero-order valence-corrected chi connectivity index (χ0v) is 14.5. The number of hydrogen-bond acceptors (Lipinski definition) is 5. The van der Waals surface area contributed by atoms with Gasteiger partial charge in [0.15, 0.2) is 0 Å². The molecule has 0 spiro atoms. The minimum absolute atomic E-state index is 0.0899. The van der Waals surface area contributed by atoms with E-state index in [0.29, 0.717) is 11.9 Å². The Morgan fingerprint density at radius 3 is 2.48 bits per heavy atom. The van der Waals surface area contributed by atoms with Crippen molar-refractivity contribution in [3.05, 3.63) is 41.2 Å². The van der Waals surface area contributed by atoms with Crippen molar-refractivity contribution in [2.24, 2.45) is 0 Å². The molecule has 1 aromatic heterocycles. The molecule has 1 aromatic carbocycles. The summed E-state index contributed by atoms with van der Waals surface area (Å²) in [4.78, 5) is 12.7. The van der Waals surface area contributed by atoms with Crippen molar-refractivity contribution in [1.29, 1.82) is 0 Å². The van der Waals surface area contributed by atoms with Gasteiger partial charge in [-0.15, -0.1) is 0 Å². The predicted molar refractivity (Wildman–Crippen MR) is 95.9 cm³/mol. The molecule has 0 unspecified atom stereocenters. The Hall–Kier alpha value is -1.88. The average molecular weight is 334 g/mol. The Kier molecular flexibility index (Phi) is 7.07. The molecule has 0 saturated heterocycles. The lowest BCUT2D eigenvalue weighted by molar-refractivity contribution is 0.683. The number of hydrogen-bond donors (Lipinski definition) is 2. The van der Waals surface area contributed by atoms with E-state index in [0.717, 1.165) is 18.5 Å². The summed E-state index contributed by atoms with van der Waals surface area (Å²) in [5.74, 6) is 1.00. The van der Waals surface area contributed by atoms with Gasteiger partial charge in [0.1, 0.15) is 0 Å². The fraction of sp³-hybridized carbons (Fsp3) is 0.471. The largest absolute Gasteiger partial charge is 0.354 e. The summed E-state index contributed by atoms with van der Waals surface area (Å²) in [5.41, 5.74) is 1.16. The minimum Gasteiger partial charge on any atom is -0.354 e. The van der Waals surface area contributed by atoms with Crippen LogP contribution in [0.2, 0.25) is 5.28 Å². The Morgan fingerprint density at radius 1 is 1.00 bits per heavy atom. The minimum atomic E-state index is 0.0899. The maximum absolute atomic E-state index is 6.00. The maximum Gasteiger partial charge on any atom is 0.229 e. The molecule has 124 valence electrons. The lowest BCUT2D eigenvalue weighted by Crippen LogP contribution is -2.12. The Balaban J connectivity index is 1.94. The van der Waals surface area contributed by atoms with Crippen LogP contribution in [-0.4, -0.2) is 21.5 Å². The lowest BCUT2D eigenvalue weighted by atomic mass is 10.1. The van der Waals surface area contributed by atoms with Gasteiger partial charge < -0.3 is 10.6 Å². The number of benzene rings is 1. The van der Waals surface area contributed by atoms with Crippen LogP contribution in [0.15, 0.2) is 30.3 Å². The standard InChI is InChI=1S/C17H24ClN5/c1-3-4-5-9-12-19-16-21-15(18)22-17(23-16)20-13(2)14-10-7-6-8-11-14/h6-8,10-11,13H,3-5,9,12H2,1-2H3,(H2,19,20,21,22,23)/t13-/m1/s1. The molecule has 0 bridgehead atoms. The van der Waals surface area contributed by atoms with Gasteiger partial charge in [0.05, 0.1) is 6.04 Å². The van der Waals surface area contributed by atoms with Crippen molar-refractivity contribution in [3.8, 4) is 0 Å². The second kappa shape index (κ2) is 9.30. The summed E-state index contributed by atoms with van der Waals surface area (Å²) in [6.45, 7) is 5.10. The summed E-state index contributed by atoms with van der Waals surface area (Å²) in [6, 6.07) is 10.2. The van der Waals surface area contributed by atoms with E-state index in [1.807, 2.05) is 18.2 Å². The van der Waals surface area contributed by atoms with E-state index in [1.54, 1.807) is 0 Å². The second-order valence-corrected chi connectivity index (χ2v) is 5.85. The zero-order chi connectivity index (χ0) is 16.5. The molecule has 0 aliphatic heterocycles. The van der Waals surface area contributed by atoms with E-state index >= 15 is 0 Å². The smallest absolute Gasteiger partial charge is 0.229 e. The molecular weight excluding hydrogens is 310 g/mol. The molecule has 1 atom stereocenters. The molecule has 5 nitrogen and oxygen atoms in total. The SMILES string of the molecule is CCCCCCNc1nc(Cl)nc(N[C@H](C)c2ccccc2)n1. The van der Waals surface area contributed by atoms with Crippen LogP contribution in [0.5, 0.6) is 0 Å². The molecule has 1 heterocycles. The normalized spacial score (nSPS) is 12.0. The molecule has 0 aliphatic carbocycles. The van der Waals surface area contributed by atoms with Gasteiger partial charge in [-0.3, -0.25) is 0 Å². The molecule has 0 fully saturated rings. The van der Waals surface area contributed by atoms with Crippen LogP contribution in [0.4, 0.5) is 11.9 Å². The first-order valence-corrected chi connectivity index (χ1v) is 8.53. The van der Waals surface area contributed by atoms with Crippen LogP contribution in [0.3, 0.4) is 0 Å². The fourth-order valence-corrected chi connectivity index (χ4v) is 2.42. The van der Waals surface area contributed by atoms with E-state index in [-0.39, 0.29) is 11.3 Å². The first kappa shape index (κ1) is 17.5. The van der Waals surface area contributed by atoms with E-state index in [1.165, 1.54) is 19.3 Å². The summed E-state index contributed by atoms with van der Waals surface area (Å²) >= 11 is 6.00. The van der Waals surface area contributed by atoms with Gasteiger partial charge >= 0.3 is 0 Å². The Morgan fingerprint density at radius 2 is 1.74 bits per heavy atom. The quantitative estimate of drug-likeness (QED) is 0.652. The van der Waals surface area contributed by atoms with Crippen molar-refractivity contribution >= 4 is 23.5 Å². The van der Waals surface area contributed by atoms with Gasteiger partial charge in [0.25, 0.3) is 0 Å². The van der Waals surface area contributed by atoms with Gasteiger partial charge in [-0.25, -0.2) is 0 Å². The number of nitrogens with one attached hydrogen (secondary N) is 2. The summed E-state index contributed by atoms with van der Waals surface area (Å²) in [6.07, 6.45) is 4.78.